The van der Waals surface area contributed by atoms with Crippen molar-refractivity contribution in [1.82, 2.24) is 0 Å². The molecule has 104 valence electrons. The van der Waals surface area contributed by atoms with E-state index in [0.717, 1.165) is 19.3 Å². The molecule has 19 heavy (non-hydrogen) atoms. The molecule has 0 unspecified atom stereocenters. The topological polar surface area (TPSA) is 46.5 Å². The summed E-state index contributed by atoms with van der Waals surface area (Å²) >= 11 is 0. The van der Waals surface area contributed by atoms with Crippen LogP contribution in [0.15, 0.2) is 36.4 Å². The van der Waals surface area contributed by atoms with E-state index in [1.54, 1.807) is 12.1 Å². The van der Waals surface area contributed by atoms with Crippen LogP contribution in [-0.2, 0) is 4.74 Å². The van der Waals surface area contributed by atoms with Gasteiger partial charge in [-0.25, -0.2) is 4.79 Å². The van der Waals surface area contributed by atoms with Crippen LogP contribution in [-0.4, -0.2) is 17.7 Å². The summed E-state index contributed by atoms with van der Waals surface area (Å²) in [6.07, 6.45) is 9.71. The molecule has 0 aliphatic heterocycles. The molecule has 0 spiro atoms. The lowest BCUT2D eigenvalue weighted by Crippen LogP contribution is -2.06. The third-order valence-corrected chi connectivity index (χ3v) is 2.84. The Kier molecular flexibility index (Phi) is 7.40. The quantitative estimate of drug-likeness (QED) is 0.436. The Morgan fingerprint density at radius 2 is 1.84 bits per heavy atom. The van der Waals surface area contributed by atoms with Crippen LogP contribution >= 0.6 is 0 Å². The predicted octanol–water partition coefficient (Wildman–Crippen LogP) is 4.08. The lowest BCUT2D eigenvalue weighted by atomic mass is 10.1. The van der Waals surface area contributed by atoms with Crippen LogP contribution in [0.4, 0.5) is 0 Å². The molecule has 0 bridgehead atoms. The maximum atomic E-state index is 11.6. The number of carbonyl (C=O) groups is 1. The molecule has 0 atom stereocenters. The molecule has 0 amide bonds. The Balaban J connectivity index is 2.09. The van der Waals surface area contributed by atoms with Crippen molar-refractivity contribution in [3.8, 4) is 5.75 Å². The molecule has 0 heterocycles. The van der Waals surface area contributed by atoms with E-state index in [4.69, 9.17) is 9.84 Å². The van der Waals surface area contributed by atoms with Gasteiger partial charge in [-0.15, -0.1) is 0 Å². The van der Waals surface area contributed by atoms with E-state index in [0.29, 0.717) is 12.2 Å². The van der Waals surface area contributed by atoms with E-state index in [-0.39, 0.29) is 11.7 Å². The highest BCUT2D eigenvalue weighted by Gasteiger charge is 2.05. The Bertz CT molecular complexity index is 393. The Labute approximate surface area is 114 Å². The van der Waals surface area contributed by atoms with E-state index in [2.05, 4.69) is 12.2 Å². The van der Waals surface area contributed by atoms with Gasteiger partial charge in [0.1, 0.15) is 5.75 Å². The molecule has 3 nitrogen and oxygen atoms in total. The molecule has 0 saturated carbocycles. The largest absolute Gasteiger partial charge is 0.508 e. The van der Waals surface area contributed by atoms with Gasteiger partial charge in [0, 0.05) is 0 Å². The van der Waals surface area contributed by atoms with Gasteiger partial charge in [0.05, 0.1) is 12.2 Å². The van der Waals surface area contributed by atoms with Crippen LogP contribution in [0.3, 0.4) is 0 Å². The summed E-state index contributed by atoms with van der Waals surface area (Å²) in [7, 11) is 0. The minimum atomic E-state index is -0.325. The Morgan fingerprint density at radius 1 is 1.16 bits per heavy atom. The van der Waals surface area contributed by atoms with E-state index >= 15 is 0 Å². The second-order valence-corrected chi connectivity index (χ2v) is 4.45. The van der Waals surface area contributed by atoms with Crippen LogP contribution in [0.5, 0.6) is 5.75 Å². The zero-order chi connectivity index (χ0) is 13.9. The highest BCUT2D eigenvalue weighted by Crippen LogP contribution is 2.11. The number of benzene rings is 1. The monoisotopic (exact) mass is 262 g/mol. The number of rotatable bonds is 8. The number of allylic oxidation sites excluding steroid dienone is 2. The molecular weight excluding hydrogens is 240 g/mol. The van der Waals surface area contributed by atoms with E-state index < -0.39 is 0 Å². The van der Waals surface area contributed by atoms with Crippen molar-refractivity contribution in [2.45, 2.75) is 39.0 Å². The highest BCUT2D eigenvalue weighted by atomic mass is 16.5. The minimum absolute atomic E-state index is 0.151. The molecule has 0 aromatic heterocycles. The van der Waals surface area contributed by atoms with Gasteiger partial charge in [0.25, 0.3) is 0 Å². The van der Waals surface area contributed by atoms with Crippen molar-refractivity contribution >= 4 is 5.97 Å². The number of phenolic OH excluding ortho intramolecular Hbond substituents is 1. The van der Waals surface area contributed by atoms with Crippen molar-refractivity contribution in [2.75, 3.05) is 6.61 Å². The van der Waals surface area contributed by atoms with Gasteiger partial charge < -0.3 is 9.84 Å². The Morgan fingerprint density at radius 3 is 2.53 bits per heavy atom. The fraction of sp³-hybridized carbons (Fsp3) is 0.438. The molecule has 0 radical (unpaired) electrons. The maximum absolute atomic E-state index is 11.6. The third kappa shape index (κ3) is 6.65. The normalized spacial score (nSPS) is 10.8. The first kappa shape index (κ1) is 15.3. The lowest BCUT2D eigenvalue weighted by molar-refractivity contribution is 0.0497. The van der Waals surface area contributed by atoms with Gasteiger partial charge in [-0.1, -0.05) is 25.0 Å². The zero-order valence-corrected chi connectivity index (χ0v) is 11.5. The molecule has 1 aromatic rings. The molecule has 0 aliphatic carbocycles. The van der Waals surface area contributed by atoms with Crippen molar-refractivity contribution < 1.29 is 14.6 Å². The summed E-state index contributed by atoms with van der Waals surface area (Å²) in [6, 6.07) is 6.10. The van der Waals surface area contributed by atoms with E-state index in [1.165, 1.54) is 25.0 Å². The molecule has 1 aromatic carbocycles. The van der Waals surface area contributed by atoms with Gasteiger partial charge in [0.15, 0.2) is 0 Å². The zero-order valence-electron chi connectivity index (χ0n) is 11.5. The van der Waals surface area contributed by atoms with Crippen molar-refractivity contribution in [3.63, 3.8) is 0 Å². The van der Waals surface area contributed by atoms with Gasteiger partial charge in [-0.05, 0) is 50.5 Å². The van der Waals surface area contributed by atoms with Gasteiger partial charge in [-0.2, -0.15) is 0 Å². The molecular formula is C16H22O3. The summed E-state index contributed by atoms with van der Waals surface area (Å²) in [5.41, 5.74) is 0.478. The first-order valence-corrected chi connectivity index (χ1v) is 6.81. The number of ether oxygens (including phenoxy) is 1. The van der Waals surface area contributed by atoms with Crippen LogP contribution in [0.1, 0.15) is 49.4 Å². The highest BCUT2D eigenvalue weighted by molar-refractivity contribution is 5.89. The van der Waals surface area contributed by atoms with Crippen molar-refractivity contribution in [2.24, 2.45) is 0 Å². The summed E-state index contributed by atoms with van der Waals surface area (Å²) in [5, 5.41) is 9.12. The van der Waals surface area contributed by atoms with Gasteiger partial charge >= 0.3 is 5.97 Å². The number of hydrogen-bond donors (Lipinski definition) is 1. The minimum Gasteiger partial charge on any atom is -0.508 e. The third-order valence-electron chi connectivity index (χ3n) is 2.84. The molecule has 0 fully saturated rings. The number of aromatic hydroxyl groups is 1. The second kappa shape index (κ2) is 9.20. The number of hydrogen-bond acceptors (Lipinski definition) is 3. The average molecular weight is 262 g/mol. The van der Waals surface area contributed by atoms with Crippen LogP contribution in [0.2, 0.25) is 0 Å². The van der Waals surface area contributed by atoms with Crippen LogP contribution < -0.4 is 0 Å². The fourth-order valence-electron chi connectivity index (χ4n) is 1.73. The molecule has 0 saturated heterocycles. The van der Waals surface area contributed by atoms with Crippen LogP contribution in [0.25, 0.3) is 0 Å². The van der Waals surface area contributed by atoms with Crippen molar-refractivity contribution in [1.29, 1.82) is 0 Å². The summed E-state index contributed by atoms with van der Waals surface area (Å²) < 4.78 is 5.16. The number of unbranched alkanes of at least 4 members (excludes halogenated alkanes) is 4. The average Bonchev–Trinajstić information content (AvgIpc) is 2.42. The lowest BCUT2D eigenvalue weighted by Gasteiger charge is -2.04. The first-order valence-electron chi connectivity index (χ1n) is 6.81. The van der Waals surface area contributed by atoms with Crippen LogP contribution in [0, 0.1) is 0 Å². The summed E-state index contributed by atoms with van der Waals surface area (Å²) in [6.45, 7) is 2.49. The second-order valence-electron chi connectivity index (χ2n) is 4.45. The SMILES string of the molecule is C/C=C/CCCCCCOC(=O)c1ccc(O)cc1. The number of carbonyl (C=O) groups excluding carboxylic acids is 1. The number of esters is 1. The number of phenols is 1. The first-order chi connectivity index (χ1) is 9.24. The summed E-state index contributed by atoms with van der Waals surface area (Å²) in [4.78, 5) is 11.6. The molecule has 0 aliphatic rings. The maximum Gasteiger partial charge on any atom is 0.338 e. The van der Waals surface area contributed by atoms with Gasteiger partial charge in [-0.3, -0.25) is 0 Å². The molecule has 3 heteroatoms. The standard InChI is InChI=1S/C16H22O3/c1-2-3-4-5-6-7-8-13-19-16(18)14-9-11-15(17)12-10-14/h2-3,9-12,17H,4-8,13H2,1H3/b3-2+. The predicted molar refractivity (Wildman–Crippen MR) is 76.3 cm³/mol. The Hall–Kier alpha value is -1.77. The smallest absolute Gasteiger partial charge is 0.338 e. The fourth-order valence-corrected chi connectivity index (χ4v) is 1.73. The molecule has 1 rings (SSSR count). The molecule has 1 N–H and O–H groups in total. The van der Waals surface area contributed by atoms with Crippen molar-refractivity contribution in [3.05, 3.63) is 42.0 Å². The van der Waals surface area contributed by atoms with E-state index in [1.807, 2.05) is 6.92 Å². The van der Waals surface area contributed by atoms with Gasteiger partial charge in [0.2, 0.25) is 0 Å². The van der Waals surface area contributed by atoms with E-state index in [9.17, 15) is 4.79 Å². The summed E-state index contributed by atoms with van der Waals surface area (Å²) in [5.74, 6) is -0.174.